The van der Waals surface area contributed by atoms with Crippen LogP contribution in [0.15, 0.2) is 42.5 Å². The molecule has 2 N–H and O–H groups in total. The molecule has 0 radical (unpaired) electrons. The minimum absolute atomic E-state index is 0.126. The van der Waals surface area contributed by atoms with Gasteiger partial charge in [0.05, 0.1) is 12.1 Å². The maximum absolute atomic E-state index is 14.0. The molecular formula is C33H42N4O6. The number of amides is 4. The number of nitrogens with one attached hydrogen (secondary N) is 2. The Kier molecular flexibility index (Phi) is 9.52. The third kappa shape index (κ3) is 6.78. The van der Waals surface area contributed by atoms with E-state index in [-0.39, 0.29) is 49.7 Å². The van der Waals surface area contributed by atoms with Crippen molar-refractivity contribution in [2.75, 3.05) is 45.9 Å². The maximum atomic E-state index is 14.0. The van der Waals surface area contributed by atoms with Crippen molar-refractivity contribution < 1.29 is 28.7 Å². The van der Waals surface area contributed by atoms with Crippen LogP contribution in [0.1, 0.15) is 67.4 Å². The second-order valence-electron chi connectivity index (χ2n) is 11.9. The Hall–Kier alpha value is -4.08. The second kappa shape index (κ2) is 13.5. The summed E-state index contributed by atoms with van der Waals surface area (Å²) < 4.78 is 11.5. The summed E-state index contributed by atoms with van der Waals surface area (Å²) >= 11 is 0. The van der Waals surface area contributed by atoms with Crippen molar-refractivity contribution in [3.63, 3.8) is 0 Å². The van der Waals surface area contributed by atoms with E-state index in [1.165, 1.54) is 0 Å². The van der Waals surface area contributed by atoms with Crippen molar-refractivity contribution in [1.82, 2.24) is 20.4 Å². The van der Waals surface area contributed by atoms with Gasteiger partial charge in [0.15, 0.2) is 11.5 Å². The average molecular weight is 591 g/mol. The molecule has 1 atom stereocenters. The average Bonchev–Trinajstić information content (AvgIpc) is 3.01. The first-order valence-corrected chi connectivity index (χ1v) is 15.4. The lowest BCUT2D eigenvalue weighted by atomic mass is 9.75. The topological polar surface area (TPSA) is 117 Å². The Labute approximate surface area is 253 Å². The zero-order valence-corrected chi connectivity index (χ0v) is 25.2. The molecular weight excluding hydrogens is 548 g/mol. The summed E-state index contributed by atoms with van der Waals surface area (Å²) in [5, 5.41) is 6.10. The SMILES string of the molecule is CC(C)CCN1CC(=O)NC2(CCCc3ccccc32)C(=O)NCCN(C(=O)c2cccc3c2OCCO3)CCCC1=O. The summed E-state index contributed by atoms with van der Waals surface area (Å²) in [5.41, 5.74) is 0.923. The van der Waals surface area contributed by atoms with E-state index in [0.717, 1.165) is 30.4 Å². The largest absolute Gasteiger partial charge is 0.486 e. The molecule has 230 valence electrons. The van der Waals surface area contributed by atoms with Gasteiger partial charge in [-0.2, -0.15) is 0 Å². The molecule has 0 bridgehead atoms. The molecule has 1 unspecified atom stereocenters. The van der Waals surface area contributed by atoms with Gasteiger partial charge in [-0.3, -0.25) is 19.2 Å². The molecule has 2 aliphatic heterocycles. The van der Waals surface area contributed by atoms with Gasteiger partial charge in [-0.25, -0.2) is 0 Å². The minimum atomic E-state index is -1.26. The lowest BCUT2D eigenvalue weighted by molar-refractivity contribution is -0.139. The summed E-state index contributed by atoms with van der Waals surface area (Å²) in [6.07, 6.45) is 3.35. The van der Waals surface area contributed by atoms with Crippen molar-refractivity contribution in [2.24, 2.45) is 5.92 Å². The number of aryl methyl sites for hydroxylation is 1. The highest BCUT2D eigenvalue weighted by Gasteiger charge is 2.45. The highest BCUT2D eigenvalue weighted by Crippen LogP contribution is 2.36. The fourth-order valence-corrected chi connectivity index (χ4v) is 6.17. The van der Waals surface area contributed by atoms with Crippen molar-refractivity contribution in [3.05, 3.63) is 59.2 Å². The third-order valence-electron chi connectivity index (χ3n) is 8.45. The van der Waals surface area contributed by atoms with Crippen LogP contribution in [-0.4, -0.2) is 79.4 Å². The number of carbonyl (C=O) groups is 4. The molecule has 4 amide bonds. The van der Waals surface area contributed by atoms with Crippen LogP contribution in [0.2, 0.25) is 0 Å². The van der Waals surface area contributed by atoms with Crippen LogP contribution in [0.25, 0.3) is 0 Å². The van der Waals surface area contributed by atoms with Gasteiger partial charge in [-0.1, -0.05) is 44.2 Å². The number of hydrogen-bond donors (Lipinski definition) is 2. The number of carbonyl (C=O) groups excluding carboxylic acids is 4. The summed E-state index contributed by atoms with van der Waals surface area (Å²) in [5.74, 6) is 0.230. The van der Waals surface area contributed by atoms with Gasteiger partial charge in [-0.05, 0) is 61.3 Å². The van der Waals surface area contributed by atoms with E-state index in [4.69, 9.17) is 9.47 Å². The predicted octanol–water partition coefficient (Wildman–Crippen LogP) is 3.03. The normalized spacial score (nSPS) is 21.6. The van der Waals surface area contributed by atoms with Crippen LogP contribution in [0.5, 0.6) is 11.5 Å². The lowest BCUT2D eigenvalue weighted by Gasteiger charge is -2.39. The Morgan fingerprint density at radius 2 is 1.79 bits per heavy atom. The Balaban J connectivity index is 1.45. The zero-order chi connectivity index (χ0) is 30.4. The number of ether oxygens (including phenoxy) is 2. The molecule has 10 heteroatoms. The van der Waals surface area contributed by atoms with Gasteiger partial charge in [-0.15, -0.1) is 0 Å². The van der Waals surface area contributed by atoms with E-state index in [2.05, 4.69) is 24.5 Å². The number of fused-ring (bicyclic) bond motifs is 3. The van der Waals surface area contributed by atoms with E-state index in [1.54, 1.807) is 28.0 Å². The quantitative estimate of drug-likeness (QED) is 0.566. The van der Waals surface area contributed by atoms with Gasteiger partial charge >= 0.3 is 0 Å². The first kappa shape index (κ1) is 30.4. The monoisotopic (exact) mass is 590 g/mol. The molecule has 43 heavy (non-hydrogen) atoms. The molecule has 0 aromatic heterocycles. The Morgan fingerprint density at radius 1 is 0.977 bits per heavy atom. The molecule has 0 saturated carbocycles. The van der Waals surface area contributed by atoms with Crippen LogP contribution in [0.4, 0.5) is 0 Å². The van der Waals surface area contributed by atoms with Crippen LogP contribution >= 0.6 is 0 Å². The fraction of sp³-hybridized carbons (Fsp3) is 0.515. The van der Waals surface area contributed by atoms with E-state index in [0.29, 0.717) is 62.1 Å². The highest BCUT2D eigenvalue weighted by atomic mass is 16.6. The first-order chi connectivity index (χ1) is 20.8. The molecule has 1 saturated heterocycles. The Bertz CT molecular complexity index is 1360. The van der Waals surface area contributed by atoms with Crippen molar-refractivity contribution in [1.29, 1.82) is 0 Å². The van der Waals surface area contributed by atoms with E-state index in [1.807, 2.05) is 24.3 Å². The first-order valence-electron chi connectivity index (χ1n) is 15.4. The molecule has 2 aromatic carbocycles. The molecule has 2 aromatic rings. The van der Waals surface area contributed by atoms with Gasteiger partial charge in [0.2, 0.25) is 11.8 Å². The smallest absolute Gasteiger partial charge is 0.257 e. The molecule has 3 aliphatic rings. The third-order valence-corrected chi connectivity index (χ3v) is 8.45. The fourth-order valence-electron chi connectivity index (χ4n) is 6.17. The molecule has 10 nitrogen and oxygen atoms in total. The molecule has 5 rings (SSSR count). The van der Waals surface area contributed by atoms with Crippen LogP contribution in [0.3, 0.4) is 0 Å². The van der Waals surface area contributed by atoms with Crippen molar-refractivity contribution in [3.8, 4) is 11.5 Å². The zero-order valence-electron chi connectivity index (χ0n) is 25.2. The van der Waals surface area contributed by atoms with Crippen LogP contribution in [-0.2, 0) is 26.3 Å². The van der Waals surface area contributed by atoms with E-state index in [9.17, 15) is 19.2 Å². The molecule has 1 spiro atoms. The standard InChI is InChI=1S/C33H42N4O6/c1-23(2)14-18-37-22-28(38)35-33(15-6-9-24-8-3-4-11-26(24)33)32(41)34-16-19-36(17-7-13-29(37)39)31(40)25-10-5-12-27-30(25)43-21-20-42-27/h3-5,8,10-12,23H,6-7,9,13-22H2,1-2H3,(H,34,41)(H,35,38). The maximum Gasteiger partial charge on any atom is 0.257 e. The summed E-state index contributed by atoms with van der Waals surface area (Å²) in [6.45, 7) is 5.96. The molecule has 2 heterocycles. The van der Waals surface area contributed by atoms with Crippen molar-refractivity contribution in [2.45, 2.75) is 57.9 Å². The highest BCUT2D eigenvalue weighted by molar-refractivity contribution is 5.98. The number of nitrogens with zero attached hydrogens (tertiary/aromatic N) is 2. The van der Waals surface area contributed by atoms with E-state index >= 15 is 0 Å². The number of benzene rings is 2. The number of hydrogen-bond acceptors (Lipinski definition) is 6. The number of para-hydroxylation sites is 1. The second-order valence-corrected chi connectivity index (χ2v) is 11.9. The number of rotatable bonds is 4. The van der Waals surface area contributed by atoms with Crippen molar-refractivity contribution >= 4 is 23.6 Å². The van der Waals surface area contributed by atoms with E-state index < -0.39 is 5.54 Å². The Morgan fingerprint density at radius 3 is 2.63 bits per heavy atom. The summed E-state index contributed by atoms with van der Waals surface area (Å²) in [6, 6.07) is 12.9. The summed E-state index contributed by atoms with van der Waals surface area (Å²) in [4.78, 5) is 58.1. The van der Waals surface area contributed by atoms with Gasteiger partial charge in [0.25, 0.3) is 11.8 Å². The summed E-state index contributed by atoms with van der Waals surface area (Å²) in [7, 11) is 0. The molecule has 1 fully saturated rings. The molecule has 1 aliphatic carbocycles. The minimum Gasteiger partial charge on any atom is -0.486 e. The van der Waals surface area contributed by atoms with Gasteiger partial charge in [0, 0.05) is 32.6 Å². The van der Waals surface area contributed by atoms with Gasteiger partial charge < -0.3 is 29.9 Å². The van der Waals surface area contributed by atoms with Crippen LogP contribution < -0.4 is 20.1 Å². The van der Waals surface area contributed by atoms with Gasteiger partial charge in [0.1, 0.15) is 18.8 Å². The van der Waals surface area contributed by atoms with Crippen LogP contribution in [0, 0.1) is 5.92 Å². The lowest BCUT2D eigenvalue weighted by Crippen LogP contribution is -2.60. The predicted molar refractivity (Wildman–Crippen MR) is 161 cm³/mol.